The first-order valence-corrected chi connectivity index (χ1v) is 9.80. The second-order valence-electron chi connectivity index (χ2n) is 5.71. The van der Waals surface area contributed by atoms with E-state index in [-0.39, 0.29) is 5.91 Å². The van der Waals surface area contributed by atoms with Crippen LogP contribution in [0.15, 0.2) is 0 Å². The minimum atomic E-state index is -0.522. The number of anilines is 1. The molecule has 0 fully saturated rings. The van der Waals surface area contributed by atoms with Crippen molar-refractivity contribution >= 4 is 45.8 Å². The maximum atomic E-state index is 12.5. The number of rotatable bonds is 4. The van der Waals surface area contributed by atoms with Crippen LogP contribution in [0.2, 0.25) is 0 Å². The molecule has 1 aliphatic heterocycles. The lowest BCUT2D eigenvalue weighted by atomic mass is 10.0. The Kier molecular flexibility index (Phi) is 5.71. The maximum Gasteiger partial charge on any atom is 0.410 e. The predicted molar refractivity (Wildman–Crippen MR) is 99.4 cm³/mol. The topological polar surface area (TPSA) is 111 Å². The van der Waals surface area contributed by atoms with E-state index in [1.165, 1.54) is 18.4 Å². The fourth-order valence-corrected chi connectivity index (χ4v) is 4.58. The molecule has 3 heterocycles. The summed E-state index contributed by atoms with van der Waals surface area (Å²) in [6.07, 6.45) is 0.0830. The largest absolute Gasteiger partial charge is 0.465 e. The molecule has 1 N–H and O–H groups in total. The molecule has 27 heavy (non-hydrogen) atoms. The highest BCUT2D eigenvalue weighted by molar-refractivity contribution is 7.17. The number of carbonyl (C=O) groups excluding carboxylic acids is 3. The van der Waals surface area contributed by atoms with Crippen molar-refractivity contribution in [2.75, 3.05) is 25.6 Å². The van der Waals surface area contributed by atoms with Crippen LogP contribution in [0.25, 0.3) is 0 Å². The number of nitrogens with one attached hydrogen (secondary N) is 1. The van der Waals surface area contributed by atoms with Gasteiger partial charge in [-0.05, 0) is 37.4 Å². The molecule has 0 saturated carbocycles. The van der Waals surface area contributed by atoms with Gasteiger partial charge in [0, 0.05) is 11.4 Å². The van der Waals surface area contributed by atoms with Crippen LogP contribution in [-0.2, 0) is 22.4 Å². The SMILES string of the molecule is CCOC(=O)N1CCc2c(sc(NC(=O)c3snnc3C)c2C(=O)OC)C1. The molecule has 0 aromatic carbocycles. The summed E-state index contributed by atoms with van der Waals surface area (Å²) in [6, 6.07) is 0. The van der Waals surface area contributed by atoms with Crippen molar-refractivity contribution in [2.45, 2.75) is 26.8 Å². The van der Waals surface area contributed by atoms with E-state index in [9.17, 15) is 14.4 Å². The molecule has 1 aliphatic rings. The number of carbonyl (C=O) groups is 3. The van der Waals surface area contributed by atoms with Gasteiger partial charge in [-0.25, -0.2) is 9.59 Å². The Labute approximate surface area is 163 Å². The fourth-order valence-electron chi connectivity index (χ4n) is 2.78. The molecule has 0 spiro atoms. The van der Waals surface area contributed by atoms with Gasteiger partial charge in [0.05, 0.1) is 31.5 Å². The van der Waals surface area contributed by atoms with Crippen molar-refractivity contribution in [2.24, 2.45) is 0 Å². The number of hydrogen-bond donors (Lipinski definition) is 1. The van der Waals surface area contributed by atoms with Gasteiger partial charge >= 0.3 is 12.1 Å². The first-order valence-electron chi connectivity index (χ1n) is 8.21. The molecule has 0 atom stereocenters. The van der Waals surface area contributed by atoms with Crippen molar-refractivity contribution in [3.05, 3.63) is 26.6 Å². The molecule has 0 unspecified atom stereocenters. The molecule has 2 amide bonds. The smallest absolute Gasteiger partial charge is 0.410 e. The molecular formula is C16H18N4O5S2. The first kappa shape index (κ1) is 19.2. The molecular weight excluding hydrogens is 392 g/mol. The van der Waals surface area contributed by atoms with E-state index < -0.39 is 12.1 Å². The summed E-state index contributed by atoms with van der Waals surface area (Å²) in [7, 11) is 1.29. The molecule has 9 nitrogen and oxygen atoms in total. The van der Waals surface area contributed by atoms with Crippen molar-refractivity contribution in [3.8, 4) is 0 Å². The zero-order valence-corrected chi connectivity index (χ0v) is 16.7. The normalized spacial score (nSPS) is 13.1. The zero-order chi connectivity index (χ0) is 19.6. The van der Waals surface area contributed by atoms with E-state index in [4.69, 9.17) is 9.47 Å². The van der Waals surface area contributed by atoms with E-state index >= 15 is 0 Å². The number of aryl methyl sites for hydroxylation is 1. The molecule has 144 valence electrons. The van der Waals surface area contributed by atoms with Gasteiger partial charge in [0.1, 0.15) is 9.88 Å². The standard InChI is InChI=1S/C16H18N4O5S2/c1-4-25-16(23)20-6-5-9-10(7-20)26-14(11(9)15(22)24-3)17-13(21)12-8(2)18-19-27-12/h4-7H2,1-3H3,(H,17,21). The molecule has 2 aromatic rings. The van der Waals surface area contributed by atoms with Gasteiger partial charge in [0.2, 0.25) is 0 Å². The van der Waals surface area contributed by atoms with Gasteiger partial charge in [-0.3, -0.25) is 4.79 Å². The van der Waals surface area contributed by atoms with E-state index in [2.05, 4.69) is 14.9 Å². The molecule has 3 rings (SSSR count). The quantitative estimate of drug-likeness (QED) is 0.771. The number of nitrogens with zero attached hydrogens (tertiary/aromatic N) is 3. The first-order chi connectivity index (χ1) is 13.0. The lowest BCUT2D eigenvalue weighted by Gasteiger charge is -2.26. The van der Waals surface area contributed by atoms with E-state index in [0.29, 0.717) is 47.3 Å². The Morgan fingerprint density at radius 2 is 2.11 bits per heavy atom. The Bertz CT molecular complexity index is 892. The number of amides is 2. The summed E-state index contributed by atoms with van der Waals surface area (Å²) in [5.41, 5.74) is 1.65. The van der Waals surface area contributed by atoms with Crippen molar-refractivity contribution in [1.29, 1.82) is 0 Å². The Balaban J connectivity index is 1.91. The number of esters is 1. The number of methoxy groups -OCH3 is 1. The Morgan fingerprint density at radius 1 is 1.33 bits per heavy atom. The number of fused-ring (bicyclic) bond motifs is 1. The lowest BCUT2D eigenvalue weighted by Crippen LogP contribution is -2.36. The predicted octanol–water partition coefficient (Wildman–Crippen LogP) is 2.46. The minimum Gasteiger partial charge on any atom is -0.465 e. The van der Waals surface area contributed by atoms with Crippen molar-refractivity contribution in [1.82, 2.24) is 14.5 Å². The number of aromatic nitrogens is 2. The average Bonchev–Trinajstić information content (AvgIpc) is 3.23. The average molecular weight is 410 g/mol. The molecule has 0 saturated heterocycles. The molecule has 0 bridgehead atoms. The molecule has 2 aromatic heterocycles. The van der Waals surface area contributed by atoms with Gasteiger partial charge < -0.3 is 19.7 Å². The second-order valence-corrected chi connectivity index (χ2v) is 7.57. The van der Waals surface area contributed by atoms with Gasteiger partial charge in [-0.15, -0.1) is 16.4 Å². The van der Waals surface area contributed by atoms with Gasteiger partial charge in [-0.1, -0.05) is 4.49 Å². The summed E-state index contributed by atoms with van der Waals surface area (Å²) in [5, 5.41) is 6.99. The lowest BCUT2D eigenvalue weighted by molar-refractivity contribution is 0.0600. The van der Waals surface area contributed by atoms with Crippen LogP contribution in [0.3, 0.4) is 0 Å². The summed E-state index contributed by atoms with van der Waals surface area (Å²) in [4.78, 5) is 39.6. The van der Waals surface area contributed by atoms with Gasteiger partial charge in [0.25, 0.3) is 5.91 Å². The molecule has 0 radical (unpaired) electrons. The number of hydrogen-bond acceptors (Lipinski definition) is 9. The third kappa shape index (κ3) is 3.78. The highest BCUT2D eigenvalue weighted by Gasteiger charge is 2.31. The number of ether oxygens (including phenoxy) is 2. The van der Waals surface area contributed by atoms with E-state index in [0.717, 1.165) is 22.0 Å². The van der Waals surface area contributed by atoms with Gasteiger partial charge in [0.15, 0.2) is 0 Å². The monoisotopic (exact) mass is 410 g/mol. The summed E-state index contributed by atoms with van der Waals surface area (Å²) in [6.45, 7) is 4.48. The maximum absolute atomic E-state index is 12.5. The minimum absolute atomic E-state index is 0.295. The zero-order valence-electron chi connectivity index (χ0n) is 15.0. The Hall–Kier alpha value is -2.53. The van der Waals surface area contributed by atoms with Crippen LogP contribution in [-0.4, -0.2) is 52.7 Å². The highest BCUT2D eigenvalue weighted by Crippen LogP contribution is 2.38. The van der Waals surface area contributed by atoms with Crippen LogP contribution < -0.4 is 5.32 Å². The van der Waals surface area contributed by atoms with Crippen molar-refractivity contribution < 1.29 is 23.9 Å². The van der Waals surface area contributed by atoms with Crippen molar-refractivity contribution in [3.63, 3.8) is 0 Å². The van der Waals surface area contributed by atoms with Crippen LogP contribution in [0.5, 0.6) is 0 Å². The third-order valence-electron chi connectivity index (χ3n) is 4.06. The van der Waals surface area contributed by atoms with Crippen LogP contribution in [0.4, 0.5) is 9.80 Å². The van der Waals surface area contributed by atoms with Gasteiger partial charge in [-0.2, -0.15) is 0 Å². The third-order valence-corrected chi connectivity index (χ3v) is 6.02. The van der Waals surface area contributed by atoms with Crippen LogP contribution >= 0.6 is 22.9 Å². The highest BCUT2D eigenvalue weighted by atomic mass is 32.1. The molecule has 11 heteroatoms. The van der Waals surface area contributed by atoms with E-state index in [1.54, 1.807) is 18.7 Å². The van der Waals surface area contributed by atoms with Crippen LogP contribution in [0.1, 0.15) is 43.1 Å². The second kappa shape index (κ2) is 8.01. The Morgan fingerprint density at radius 3 is 2.74 bits per heavy atom. The summed E-state index contributed by atoms with van der Waals surface area (Å²) < 4.78 is 13.7. The molecule has 0 aliphatic carbocycles. The van der Waals surface area contributed by atoms with E-state index in [1.807, 2.05) is 0 Å². The number of thiophene rings is 1. The van der Waals surface area contributed by atoms with Crippen LogP contribution in [0, 0.1) is 6.92 Å². The summed E-state index contributed by atoms with van der Waals surface area (Å²) >= 11 is 2.25. The fraction of sp³-hybridized carbons (Fsp3) is 0.438. The summed E-state index contributed by atoms with van der Waals surface area (Å²) in [5.74, 6) is -0.903.